The number of nitrogens with zero attached hydrogens (tertiary/aromatic N) is 2. The van der Waals surface area contributed by atoms with Crippen molar-refractivity contribution < 1.29 is 17.6 Å². The van der Waals surface area contributed by atoms with Crippen LogP contribution in [0.25, 0.3) is 11.3 Å². The topological polar surface area (TPSA) is 102 Å². The van der Waals surface area contributed by atoms with Crippen molar-refractivity contribution in [3.05, 3.63) is 65.7 Å². The van der Waals surface area contributed by atoms with Crippen LogP contribution in [0.4, 0.5) is 11.4 Å². The van der Waals surface area contributed by atoms with Crippen LogP contribution in [0.15, 0.2) is 58.4 Å². The highest BCUT2D eigenvalue weighted by Crippen LogP contribution is 2.35. The summed E-state index contributed by atoms with van der Waals surface area (Å²) in [5.41, 5.74) is 4.60. The molecule has 1 N–H and O–H groups in total. The molecule has 2 aromatic carbocycles. The maximum Gasteiger partial charge on any atom is 0.237 e. The first-order chi connectivity index (χ1) is 13.5. The Morgan fingerprint density at radius 3 is 2.82 bits per heavy atom. The molecule has 3 heterocycles. The Balaban J connectivity index is 1.46. The first-order valence-corrected chi connectivity index (χ1v) is 10.5. The van der Waals surface area contributed by atoms with Crippen molar-refractivity contribution in [2.75, 3.05) is 5.32 Å². The summed E-state index contributed by atoms with van der Waals surface area (Å²) in [7, 11) is -3.06. The molecule has 5 rings (SSSR count). The summed E-state index contributed by atoms with van der Waals surface area (Å²) in [6, 6.07) is 10.9. The van der Waals surface area contributed by atoms with Crippen LogP contribution < -0.4 is 5.32 Å². The summed E-state index contributed by atoms with van der Waals surface area (Å²) in [4.78, 5) is 20.8. The SMILES string of the molecule is O=C1Nc2ccc(-c3cnco3)cc2C1C=Nc1ccc2c(c1)CS(=O)(=O)C2. The quantitative estimate of drug-likeness (QED) is 0.689. The Morgan fingerprint density at radius 1 is 1.14 bits per heavy atom. The lowest BCUT2D eigenvalue weighted by Gasteiger charge is -2.05. The number of hydrogen-bond donors (Lipinski definition) is 1. The Kier molecular flexibility index (Phi) is 3.70. The van der Waals surface area contributed by atoms with E-state index in [1.54, 1.807) is 30.6 Å². The lowest BCUT2D eigenvalue weighted by Crippen LogP contribution is -2.12. The van der Waals surface area contributed by atoms with E-state index in [-0.39, 0.29) is 17.4 Å². The molecule has 0 saturated heterocycles. The largest absolute Gasteiger partial charge is 0.444 e. The summed E-state index contributed by atoms with van der Waals surface area (Å²) in [6.07, 6.45) is 4.57. The van der Waals surface area contributed by atoms with Gasteiger partial charge >= 0.3 is 0 Å². The van der Waals surface area contributed by atoms with Crippen molar-refractivity contribution >= 4 is 33.3 Å². The van der Waals surface area contributed by atoms with Gasteiger partial charge in [0.2, 0.25) is 5.91 Å². The second-order valence-corrected chi connectivity index (χ2v) is 8.96. The molecule has 0 spiro atoms. The molecule has 0 saturated carbocycles. The van der Waals surface area contributed by atoms with E-state index in [9.17, 15) is 13.2 Å². The maximum absolute atomic E-state index is 12.4. The standard InChI is InChI=1S/C20H15N3O4S/c24-20-17(7-22-15-3-1-13-9-28(25,26)10-14(13)5-15)16-6-12(2-4-18(16)23-20)19-8-21-11-27-19/h1-8,11,17H,9-10H2,(H,23,24). The number of rotatable bonds is 3. The summed E-state index contributed by atoms with van der Waals surface area (Å²) in [5.74, 6) is 0.0541. The van der Waals surface area contributed by atoms with Gasteiger partial charge in [0.1, 0.15) is 5.92 Å². The van der Waals surface area contributed by atoms with Crippen LogP contribution in [0.3, 0.4) is 0 Å². The van der Waals surface area contributed by atoms with Crippen molar-refractivity contribution in [3.8, 4) is 11.3 Å². The molecule has 3 aromatic rings. The number of hydrogen-bond acceptors (Lipinski definition) is 6. The molecule has 1 unspecified atom stereocenters. The highest BCUT2D eigenvalue weighted by atomic mass is 32.2. The summed E-state index contributed by atoms with van der Waals surface area (Å²) in [5, 5.41) is 2.85. The number of fused-ring (bicyclic) bond motifs is 2. The number of anilines is 1. The van der Waals surface area contributed by atoms with Gasteiger partial charge in [-0.1, -0.05) is 6.07 Å². The van der Waals surface area contributed by atoms with Crippen LogP contribution in [0.2, 0.25) is 0 Å². The molecular formula is C20H15N3O4S. The Morgan fingerprint density at radius 2 is 2.00 bits per heavy atom. The summed E-state index contributed by atoms with van der Waals surface area (Å²) >= 11 is 0. The number of carbonyl (C=O) groups excluding carboxylic acids is 1. The number of carbonyl (C=O) groups is 1. The summed E-state index contributed by atoms with van der Waals surface area (Å²) in [6.45, 7) is 0. The zero-order valence-corrected chi connectivity index (χ0v) is 15.4. The molecule has 0 radical (unpaired) electrons. The van der Waals surface area contributed by atoms with Crippen molar-refractivity contribution in [2.24, 2.45) is 4.99 Å². The third kappa shape index (κ3) is 2.91. The molecule has 140 valence electrons. The van der Waals surface area contributed by atoms with Crippen molar-refractivity contribution in [1.29, 1.82) is 0 Å². The molecule has 2 aliphatic heterocycles. The van der Waals surface area contributed by atoms with E-state index in [1.165, 1.54) is 6.39 Å². The number of sulfone groups is 1. The number of nitrogens with one attached hydrogen (secondary N) is 1. The van der Waals surface area contributed by atoms with E-state index in [2.05, 4.69) is 15.3 Å². The molecule has 2 aliphatic rings. The van der Waals surface area contributed by atoms with Crippen LogP contribution in [-0.4, -0.2) is 25.5 Å². The van der Waals surface area contributed by atoms with Gasteiger partial charge in [-0.25, -0.2) is 13.4 Å². The van der Waals surface area contributed by atoms with Crippen LogP contribution in [0.1, 0.15) is 22.6 Å². The molecule has 1 atom stereocenters. The van der Waals surface area contributed by atoms with Gasteiger partial charge in [-0.3, -0.25) is 9.79 Å². The predicted octanol–water partition coefficient (Wildman–Crippen LogP) is 3.21. The molecule has 8 heteroatoms. The van der Waals surface area contributed by atoms with E-state index in [0.717, 1.165) is 27.9 Å². The van der Waals surface area contributed by atoms with Gasteiger partial charge in [0, 0.05) is 17.5 Å². The van der Waals surface area contributed by atoms with Gasteiger partial charge in [-0.15, -0.1) is 0 Å². The lowest BCUT2D eigenvalue weighted by atomic mass is 9.99. The average molecular weight is 393 g/mol. The molecule has 0 aliphatic carbocycles. The van der Waals surface area contributed by atoms with Gasteiger partial charge < -0.3 is 9.73 Å². The van der Waals surface area contributed by atoms with Gasteiger partial charge in [-0.05, 0) is 47.0 Å². The minimum absolute atomic E-state index is 0.0407. The van der Waals surface area contributed by atoms with Crippen molar-refractivity contribution in [3.63, 3.8) is 0 Å². The first-order valence-electron chi connectivity index (χ1n) is 8.69. The van der Waals surface area contributed by atoms with Crippen LogP contribution in [0, 0.1) is 0 Å². The minimum Gasteiger partial charge on any atom is -0.444 e. The van der Waals surface area contributed by atoms with E-state index >= 15 is 0 Å². The van der Waals surface area contributed by atoms with Crippen molar-refractivity contribution in [2.45, 2.75) is 17.4 Å². The van der Waals surface area contributed by atoms with E-state index in [1.807, 2.05) is 18.2 Å². The number of benzene rings is 2. The van der Waals surface area contributed by atoms with Gasteiger partial charge in [-0.2, -0.15) is 0 Å². The van der Waals surface area contributed by atoms with Crippen LogP contribution >= 0.6 is 0 Å². The van der Waals surface area contributed by atoms with Gasteiger partial charge in [0.15, 0.2) is 22.0 Å². The average Bonchev–Trinajstić information content (AvgIpc) is 3.35. The second-order valence-electron chi connectivity index (χ2n) is 6.90. The number of amides is 1. The van der Waals surface area contributed by atoms with E-state index < -0.39 is 15.8 Å². The molecule has 7 nitrogen and oxygen atoms in total. The maximum atomic E-state index is 12.4. The minimum atomic E-state index is -3.06. The van der Waals surface area contributed by atoms with Gasteiger partial charge in [0.25, 0.3) is 0 Å². The fourth-order valence-corrected chi connectivity index (χ4v) is 5.20. The third-order valence-corrected chi connectivity index (χ3v) is 6.46. The highest BCUT2D eigenvalue weighted by molar-refractivity contribution is 7.90. The predicted molar refractivity (Wildman–Crippen MR) is 104 cm³/mol. The Labute approximate surface area is 161 Å². The normalized spacial score (nSPS) is 19.6. The van der Waals surface area contributed by atoms with E-state index in [0.29, 0.717) is 11.4 Å². The third-order valence-electron chi connectivity index (χ3n) is 4.96. The lowest BCUT2D eigenvalue weighted by molar-refractivity contribution is -0.115. The fraction of sp³-hybridized carbons (Fsp3) is 0.150. The zero-order valence-electron chi connectivity index (χ0n) is 14.6. The number of oxazole rings is 1. The monoisotopic (exact) mass is 393 g/mol. The zero-order chi connectivity index (χ0) is 19.3. The van der Waals surface area contributed by atoms with Crippen LogP contribution in [0.5, 0.6) is 0 Å². The Bertz CT molecular complexity index is 1230. The number of aliphatic imine (C=N–C) groups is 1. The van der Waals surface area contributed by atoms with Crippen molar-refractivity contribution in [1.82, 2.24) is 4.98 Å². The number of aromatic nitrogens is 1. The van der Waals surface area contributed by atoms with Gasteiger partial charge in [0.05, 0.1) is 23.4 Å². The fourth-order valence-electron chi connectivity index (χ4n) is 3.60. The highest BCUT2D eigenvalue weighted by Gasteiger charge is 2.30. The molecule has 28 heavy (non-hydrogen) atoms. The molecule has 1 amide bonds. The smallest absolute Gasteiger partial charge is 0.237 e. The summed E-state index contributed by atoms with van der Waals surface area (Å²) < 4.78 is 28.9. The Hall–Kier alpha value is -3.26. The first kappa shape index (κ1) is 16.9. The van der Waals surface area contributed by atoms with Crippen LogP contribution in [-0.2, 0) is 26.1 Å². The molecule has 0 fully saturated rings. The molecule has 0 bridgehead atoms. The second kappa shape index (κ2) is 6.13. The van der Waals surface area contributed by atoms with E-state index in [4.69, 9.17) is 4.42 Å². The molecular weight excluding hydrogens is 378 g/mol. The molecule has 1 aromatic heterocycles.